The predicted molar refractivity (Wildman–Crippen MR) is 278 cm³/mol. The highest BCUT2D eigenvalue weighted by Crippen LogP contribution is 2.13. The maximum atomic E-state index is 12.1. The summed E-state index contributed by atoms with van der Waals surface area (Å²) in [4.78, 5) is 34.5. The normalized spacial score (nSPS) is 11.6. The number of aliphatic hydroxyl groups excluding tert-OH is 1. The summed E-state index contributed by atoms with van der Waals surface area (Å²) in [6, 6.07) is 0. The van der Waals surface area contributed by atoms with E-state index < -0.39 is 12.1 Å². The molecule has 7 heteroatoms. The third kappa shape index (κ3) is 59.6. The Balaban J connectivity index is 0. The first-order valence-corrected chi connectivity index (χ1v) is 27.7. The van der Waals surface area contributed by atoms with Gasteiger partial charge in [0.15, 0.2) is 0 Å². The average Bonchev–Trinajstić information content (AvgIpc) is 3.29. The summed E-state index contributed by atoms with van der Waals surface area (Å²) < 4.78 is 0. The van der Waals surface area contributed by atoms with Crippen molar-refractivity contribution in [3.8, 4) is 0 Å². The zero-order chi connectivity index (χ0) is 47.1. The number of carboxylic acids is 1. The molecule has 376 valence electrons. The fourth-order valence-corrected chi connectivity index (χ4v) is 7.77. The molecule has 4 N–H and O–H groups in total. The second-order valence-electron chi connectivity index (χ2n) is 18.7. The van der Waals surface area contributed by atoms with Crippen LogP contribution in [0.5, 0.6) is 0 Å². The number of unbranched alkanes of at least 4 members (excludes halogenated alkanes) is 33. The molecule has 7 nitrogen and oxygen atoms in total. The van der Waals surface area contributed by atoms with E-state index in [9.17, 15) is 19.5 Å². The third-order valence-electron chi connectivity index (χ3n) is 12.1. The fraction of sp³-hybridized carbons (Fsp3) is 0.842. The predicted octanol–water partition coefficient (Wildman–Crippen LogP) is 16.8. The van der Waals surface area contributed by atoms with E-state index >= 15 is 0 Å². The first-order valence-electron chi connectivity index (χ1n) is 27.7. The van der Waals surface area contributed by atoms with Gasteiger partial charge < -0.3 is 20.8 Å². The van der Waals surface area contributed by atoms with E-state index in [2.05, 4.69) is 67.9 Å². The molecule has 0 bridgehead atoms. The van der Waals surface area contributed by atoms with Crippen LogP contribution in [-0.4, -0.2) is 47.2 Å². The van der Waals surface area contributed by atoms with E-state index in [1.165, 1.54) is 212 Å². The number of carboxylic acid groups (broad SMARTS) is 1. The second kappa shape index (κ2) is 56.7. The van der Waals surface area contributed by atoms with Crippen molar-refractivity contribution in [3.05, 3.63) is 36.5 Å². The van der Waals surface area contributed by atoms with Crippen LogP contribution >= 0.6 is 0 Å². The molecule has 0 fully saturated rings. The van der Waals surface area contributed by atoms with E-state index in [-0.39, 0.29) is 24.9 Å². The van der Waals surface area contributed by atoms with E-state index in [0.717, 1.165) is 38.5 Å². The Bertz CT molecular complexity index is 1000. The zero-order valence-electron chi connectivity index (χ0n) is 42.8. The minimum absolute atomic E-state index is 0.0127. The van der Waals surface area contributed by atoms with Gasteiger partial charge in [-0.3, -0.25) is 14.4 Å². The van der Waals surface area contributed by atoms with Gasteiger partial charge in [-0.1, -0.05) is 211 Å². The number of rotatable bonds is 49. The number of carbonyl (C=O) groups excluding carboxylic acids is 2. The topological polar surface area (TPSA) is 116 Å². The molecular weight excluding hydrogens is 793 g/mol. The van der Waals surface area contributed by atoms with Crippen molar-refractivity contribution >= 4 is 17.8 Å². The lowest BCUT2D eigenvalue weighted by Crippen LogP contribution is -2.39. The van der Waals surface area contributed by atoms with Crippen molar-refractivity contribution in [1.29, 1.82) is 0 Å². The summed E-state index contributed by atoms with van der Waals surface area (Å²) in [6.07, 6.45) is 63.2. The molecule has 0 aliphatic heterocycles. The van der Waals surface area contributed by atoms with Gasteiger partial charge in [-0.25, -0.2) is 0 Å². The number of carbonyl (C=O) groups is 3. The maximum absolute atomic E-state index is 12.1. The van der Waals surface area contributed by atoms with Gasteiger partial charge in [0.2, 0.25) is 11.8 Å². The molecule has 0 radical (unpaired) electrons. The summed E-state index contributed by atoms with van der Waals surface area (Å²) in [5.41, 5.74) is 0. The maximum Gasteiger partial charge on any atom is 0.303 e. The minimum atomic E-state index is -0.744. The SMILES string of the molecule is CCCCCCCC/C=C\CCCCCCCC(=O)NCC(O)CNC(=O)CCCCCCC/C=C\CCCCCCCC.CCCCCCCC/C=C\CCCCCCCC(=O)O. The van der Waals surface area contributed by atoms with Gasteiger partial charge in [-0.2, -0.15) is 0 Å². The highest BCUT2D eigenvalue weighted by atomic mass is 16.4. The molecule has 0 saturated carbocycles. The van der Waals surface area contributed by atoms with Gasteiger partial charge in [0, 0.05) is 32.4 Å². The van der Waals surface area contributed by atoms with Gasteiger partial charge in [0.1, 0.15) is 0 Å². The van der Waals surface area contributed by atoms with Gasteiger partial charge in [-0.15, -0.1) is 0 Å². The standard InChI is InChI=1S/C39H74N2O3.C18H34O2/c1-3-5-7-9-11-13-15-17-19-21-23-25-27-29-31-33-38(43)40-35-37(42)36-41-39(44)34-32-30-28-26-24-22-20-18-16-14-12-10-8-6-4-2;1-2-3-4-5-6-7-8-9-10-11-12-13-14-15-16-17-18(19)20/h17-20,37,42H,3-16,21-36H2,1-2H3,(H,40,43)(H,41,44);9-10H,2-8,11-17H2,1H3,(H,19,20)/b19-17-,20-18-;10-9-. The lowest BCUT2D eigenvalue weighted by Gasteiger charge is -2.13. The molecule has 0 atom stereocenters. The minimum Gasteiger partial charge on any atom is -0.481 e. The van der Waals surface area contributed by atoms with Crippen LogP contribution in [0.2, 0.25) is 0 Å². The van der Waals surface area contributed by atoms with Crippen molar-refractivity contribution in [2.45, 2.75) is 297 Å². The molecule has 0 heterocycles. The molecule has 0 aromatic carbocycles. The second-order valence-corrected chi connectivity index (χ2v) is 18.7. The first-order chi connectivity index (χ1) is 31.4. The molecule has 0 aliphatic rings. The van der Waals surface area contributed by atoms with Crippen molar-refractivity contribution in [2.24, 2.45) is 0 Å². The van der Waals surface area contributed by atoms with E-state index in [1.807, 2.05) is 0 Å². The Kier molecular flexibility index (Phi) is 56.4. The van der Waals surface area contributed by atoms with Crippen molar-refractivity contribution < 1.29 is 24.6 Å². The van der Waals surface area contributed by atoms with Gasteiger partial charge in [0.05, 0.1) is 6.10 Å². The van der Waals surface area contributed by atoms with Crippen LogP contribution in [0.4, 0.5) is 0 Å². The monoisotopic (exact) mass is 901 g/mol. The molecule has 0 aliphatic carbocycles. The zero-order valence-corrected chi connectivity index (χ0v) is 42.8. The molecule has 2 amide bonds. The van der Waals surface area contributed by atoms with Crippen LogP contribution in [0, 0.1) is 0 Å². The molecule has 0 unspecified atom stereocenters. The van der Waals surface area contributed by atoms with E-state index in [4.69, 9.17) is 5.11 Å². The van der Waals surface area contributed by atoms with Gasteiger partial charge in [-0.05, 0) is 96.3 Å². The number of aliphatic carboxylic acids is 1. The third-order valence-corrected chi connectivity index (χ3v) is 12.1. The number of allylic oxidation sites excluding steroid dienone is 6. The number of hydrogen-bond donors (Lipinski definition) is 4. The smallest absolute Gasteiger partial charge is 0.303 e. The van der Waals surface area contributed by atoms with Crippen molar-refractivity contribution in [3.63, 3.8) is 0 Å². The molecule has 0 aromatic rings. The summed E-state index contributed by atoms with van der Waals surface area (Å²) in [6.45, 7) is 7.17. The number of aliphatic hydroxyl groups is 1. The van der Waals surface area contributed by atoms with Crippen molar-refractivity contribution in [1.82, 2.24) is 10.6 Å². The average molecular weight is 901 g/mol. The molecule has 0 aromatic heterocycles. The number of nitrogens with one attached hydrogen (secondary N) is 2. The highest BCUT2D eigenvalue weighted by Gasteiger charge is 2.09. The number of amides is 2. The Morgan fingerprint density at radius 2 is 0.562 bits per heavy atom. The van der Waals surface area contributed by atoms with Crippen LogP contribution in [-0.2, 0) is 14.4 Å². The van der Waals surface area contributed by atoms with E-state index in [0.29, 0.717) is 19.3 Å². The lowest BCUT2D eigenvalue weighted by atomic mass is 10.1. The van der Waals surface area contributed by atoms with Crippen LogP contribution in [0.25, 0.3) is 0 Å². The fourth-order valence-electron chi connectivity index (χ4n) is 7.77. The number of hydrogen-bond acceptors (Lipinski definition) is 4. The van der Waals surface area contributed by atoms with Crippen LogP contribution in [0.3, 0.4) is 0 Å². The van der Waals surface area contributed by atoms with E-state index in [1.54, 1.807) is 0 Å². The summed E-state index contributed by atoms with van der Waals surface area (Å²) in [7, 11) is 0. The van der Waals surface area contributed by atoms with Crippen molar-refractivity contribution in [2.75, 3.05) is 13.1 Å². The Hall–Kier alpha value is -2.41. The quantitative estimate of drug-likeness (QED) is 0.0359. The first kappa shape index (κ1) is 63.7. The molecule has 0 rings (SSSR count). The largest absolute Gasteiger partial charge is 0.481 e. The van der Waals surface area contributed by atoms with Gasteiger partial charge in [0.25, 0.3) is 0 Å². The van der Waals surface area contributed by atoms with Crippen LogP contribution < -0.4 is 10.6 Å². The summed E-state index contributed by atoms with van der Waals surface area (Å²) in [5, 5.41) is 24.2. The molecular formula is C57H108N2O5. The molecule has 0 spiro atoms. The Labute approximate surface area is 397 Å². The summed E-state index contributed by atoms with van der Waals surface area (Å²) in [5.74, 6) is -0.690. The van der Waals surface area contributed by atoms with Crippen LogP contribution in [0.15, 0.2) is 36.5 Å². The van der Waals surface area contributed by atoms with Gasteiger partial charge >= 0.3 is 5.97 Å². The molecule has 0 saturated heterocycles. The Morgan fingerprint density at radius 3 is 0.812 bits per heavy atom. The molecule has 64 heavy (non-hydrogen) atoms. The lowest BCUT2D eigenvalue weighted by molar-refractivity contribution is -0.137. The Morgan fingerprint density at radius 1 is 0.344 bits per heavy atom. The summed E-state index contributed by atoms with van der Waals surface area (Å²) >= 11 is 0. The van der Waals surface area contributed by atoms with Crippen LogP contribution in [0.1, 0.15) is 290 Å². The highest BCUT2D eigenvalue weighted by molar-refractivity contribution is 5.76.